The third-order valence-electron chi connectivity index (χ3n) is 4.19. The maximum Gasteiger partial charge on any atom is 0.221 e. The number of furan rings is 1. The van der Waals surface area contributed by atoms with Gasteiger partial charge in [0.15, 0.2) is 5.76 Å². The van der Waals surface area contributed by atoms with Crippen molar-refractivity contribution in [2.75, 3.05) is 0 Å². The van der Waals surface area contributed by atoms with Gasteiger partial charge >= 0.3 is 0 Å². The standard InChI is InChI=1S/C22H14Cl2N2O2/c23-16-7-8-17(18(24)12-16)20-10-11-21(28-20)19(27)9-6-15-13-25-26-22(15)14-4-2-1-3-5-14/h1-13H,(H,25,26)/b9-6+. The van der Waals surface area contributed by atoms with Crippen molar-refractivity contribution < 1.29 is 9.21 Å². The fourth-order valence-corrected chi connectivity index (χ4v) is 3.31. The molecule has 0 fully saturated rings. The molecule has 0 aliphatic rings. The minimum absolute atomic E-state index is 0.224. The summed E-state index contributed by atoms with van der Waals surface area (Å²) < 4.78 is 5.69. The molecule has 4 aromatic rings. The third kappa shape index (κ3) is 3.79. The van der Waals surface area contributed by atoms with Crippen LogP contribution in [0.2, 0.25) is 10.0 Å². The van der Waals surface area contributed by atoms with Crippen molar-refractivity contribution in [3.05, 3.63) is 94.3 Å². The van der Waals surface area contributed by atoms with Gasteiger partial charge < -0.3 is 4.42 Å². The first-order valence-corrected chi connectivity index (χ1v) is 9.24. The van der Waals surface area contributed by atoms with Crippen LogP contribution in [-0.2, 0) is 0 Å². The first-order chi connectivity index (χ1) is 13.6. The van der Waals surface area contributed by atoms with Gasteiger partial charge in [-0.1, -0.05) is 53.5 Å². The smallest absolute Gasteiger partial charge is 0.221 e. The minimum atomic E-state index is -0.253. The molecule has 4 rings (SSSR count). The van der Waals surface area contributed by atoms with E-state index in [1.807, 2.05) is 30.3 Å². The molecule has 0 bridgehead atoms. The Morgan fingerprint density at radius 2 is 1.86 bits per heavy atom. The molecular formula is C22H14Cl2N2O2. The van der Waals surface area contributed by atoms with Gasteiger partial charge in [-0.3, -0.25) is 9.89 Å². The van der Waals surface area contributed by atoms with Gasteiger partial charge in [0.1, 0.15) is 5.76 Å². The summed E-state index contributed by atoms with van der Waals surface area (Å²) in [6, 6.07) is 18.2. The van der Waals surface area contributed by atoms with E-state index in [-0.39, 0.29) is 11.5 Å². The fourth-order valence-electron chi connectivity index (χ4n) is 2.81. The van der Waals surface area contributed by atoms with Crippen LogP contribution in [0.1, 0.15) is 16.1 Å². The second kappa shape index (κ2) is 7.89. The fraction of sp³-hybridized carbons (Fsp3) is 0. The summed E-state index contributed by atoms with van der Waals surface area (Å²) in [5.74, 6) is 0.477. The van der Waals surface area contributed by atoms with Gasteiger partial charge in [-0.15, -0.1) is 0 Å². The molecule has 138 valence electrons. The van der Waals surface area contributed by atoms with Crippen LogP contribution >= 0.6 is 23.2 Å². The Bertz CT molecular complexity index is 1160. The lowest BCUT2D eigenvalue weighted by atomic mass is 10.1. The van der Waals surface area contributed by atoms with Crippen molar-refractivity contribution in [2.45, 2.75) is 0 Å². The lowest BCUT2D eigenvalue weighted by Crippen LogP contribution is -1.90. The lowest BCUT2D eigenvalue weighted by Gasteiger charge is -2.01. The number of aromatic nitrogens is 2. The monoisotopic (exact) mass is 408 g/mol. The summed E-state index contributed by atoms with van der Waals surface area (Å²) in [5, 5.41) is 8.03. The topological polar surface area (TPSA) is 58.9 Å². The Morgan fingerprint density at radius 3 is 2.64 bits per heavy atom. The Morgan fingerprint density at radius 1 is 1.04 bits per heavy atom. The van der Waals surface area contributed by atoms with E-state index < -0.39 is 0 Å². The molecule has 0 saturated carbocycles. The summed E-state index contributed by atoms with van der Waals surface area (Å²) in [7, 11) is 0. The zero-order valence-corrected chi connectivity index (χ0v) is 16.0. The number of H-pyrrole nitrogens is 1. The number of ketones is 1. The molecule has 0 aliphatic carbocycles. The van der Waals surface area contributed by atoms with Gasteiger partial charge in [-0.05, 0) is 42.5 Å². The van der Waals surface area contributed by atoms with Gasteiger partial charge in [0.2, 0.25) is 5.78 Å². The quantitative estimate of drug-likeness (QED) is 0.301. The predicted molar refractivity (Wildman–Crippen MR) is 112 cm³/mol. The number of carbonyl (C=O) groups is 1. The molecule has 1 N–H and O–H groups in total. The van der Waals surface area contributed by atoms with Crippen LogP contribution in [0.3, 0.4) is 0 Å². The molecule has 0 radical (unpaired) electrons. The van der Waals surface area contributed by atoms with Crippen molar-refractivity contribution in [3.8, 4) is 22.6 Å². The maximum atomic E-state index is 12.5. The number of allylic oxidation sites excluding steroid dienone is 1. The molecule has 0 spiro atoms. The van der Waals surface area contributed by atoms with Crippen molar-refractivity contribution in [1.29, 1.82) is 0 Å². The minimum Gasteiger partial charge on any atom is -0.453 e. The second-order valence-electron chi connectivity index (χ2n) is 6.05. The van der Waals surface area contributed by atoms with Crippen LogP contribution in [0.25, 0.3) is 28.7 Å². The SMILES string of the molecule is O=C(/C=C/c1cn[nH]c1-c1ccccc1)c1ccc(-c2ccc(Cl)cc2Cl)o1. The molecule has 0 aliphatic heterocycles. The number of carbonyl (C=O) groups excluding carboxylic acids is 1. The highest BCUT2D eigenvalue weighted by molar-refractivity contribution is 6.36. The number of hydrogen-bond acceptors (Lipinski definition) is 3. The van der Waals surface area contributed by atoms with E-state index in [0.29, 0.717) is 21.4 Å². The van der Waals surface area contributed by atoms with E-state index in [0.717, 1.165) is 16.8 Å². The molecular weight excluding hydrogens is 395 g/mol. The van der Waals surface area contributed by atoms with E-state index in [9.17, 15) is 4.79 Å². The normalized spacial score (nSPS) is 11.2. The molecule has 2 aromatic heterocycles. The van der Waals surface area contributed by atoms with Crippen LogP contribution in [0.15, 0.2) is 77.4 Å². The maximum absolute atomic E-state index is 12.5. The van der Waals surface area contributed by atoms with Crippen molar-refractivity contribution in [2.24, 2.45) is 0 Å². The second-order valence-corrected chi connectivity index (χ2v) is 6.90. The Hall–Kier alpha value is -3.08. The highest BCUT2D eigenvalue weighted by Crippen LogP contribution is 2.31. The zero-order chi connectivity index (χ0) is 19.5. The predicted octanol–water partition coefficient (Wildman–Crippen LogP) is 6.54. The summed E-state index contributed by atoms with van der Waals surface area (Å²) in [6.07, 6.45) is 4.85. The molecule has 4 nitrogen and oxygen atoms in total. The largest absolute Gasteiger partial charge is 0.453 e. The molecule has 0 amide bonds. The Balaban J connectivity index is 1.56. The molecule has 0 saturated heterocycles. The van der Waals surface area contributed by atoms with Gasteiger partial charge in [-0.25, -0.2) is 0 Å². The van der Waals surface area contributed by atoms with Crippen LogP contribution < -0.4 is 0 Å². The van der Waals surface area contributed by atoms with Crippen LogP contribution in [0.4, 0.5) is 0 Å². The zero-order valence-electron chi connectivity index (χ0n) is 14.5. The van der Waals surface area contributed by atoms with Crippen LogP contribution in [0, 0.1) is 0 Å². The molecule has 0 unspecified atom stereocenters. The van der Waals surface area contributed by atoms with Gasteiger partial charge in [0.25, 0.3) is 0 Å². The van der Waals surface area contributed by atoms with Gasteiger partial charge in [-0.2, -0.15) is 5.10 Å². The molecule has 2 aromatic carbocycles. The number of benzene rings is 2. The molecule has 0 atom stereocenters. The van der Waals surface area contributed by atoms with E-state index in [2.05, 4.69) is 10.2 Å². The summed E-state index contributed by atoms with van der Waals surface area (Å²) in [6.45, 7) is 0. The van der Waals surface area contributed by atoms with E-state index >= 15 is 0 Å². The van der Waals surface area contributed by atoms with E-state index in [1.54, 1.807) is 42.6 Å². The summed E-state index contributed by atoms with van der Waals surface area (Å²) in [4.78, 5) is 12.5. The Labute approximate surface area is 171 Å². The number of nitrogens with one attached hydrogen (secondary N) is 1. The first kappa shape index (κ1) is 18.3. The van der Waals surface area contributed by atoms with Crippen molar-refractivity contribution in [1.82, 2.24) is 10.2 Å². The molecule has 6 heteroatoms. The van der Waals surface area contributed by atoms with Crippen molar-refractivity contribution in [3.63, 3.8) is 0 Å². The number of nitrogens with zero attached hydrogens (tertiary/aromatic N) is 1. The number of hydrogen-bond donors (Lipinski definition) is 1. The van der Waals surface area contributed by atoms with Crippen LogP contribution in [-0.4, -0.2) is 16.0 Å². The van der Waals surface area contributed by atoms with Gasteiger partial charge in [0.05, 0.1) is 16.9 Å². The van der Waals surface area contributed by atoms with Gasteiger partial charge in [0, 0.05) is 21.7 Å². The summed E-state index contributed by atoms with van der Waals surface area (Å²) in [5.41, 5.74) is 3.32. The first-order valence-electron chi connectivity index (χ1n) is 8.48. The lowest BCUT2D eigenvalue weighted by molar-refractivity contribution is 0.102. The molecule has 2 heterocycles. The van der Waals surface area contributed by atoms with E-state index in [4.69, 9.17) is 27.6 Å². The number of rotatable bonds is 5. The molecule has 28 heavy (non-hydrogen) atoms. The van der Waals surface area contributed by atoms with Crippen LogP contribution in [0.5, 0.6) is 0 Å². The third-order valence-corrected chi connectivity index (χ3v) is 4.74. The average molecular weight is 409 g/mol. The number of aromatic amines is 1. The summed E-state index contributed by atoms with van der Waals surface area (Å²) >= 11 is 12.1. The highest BCUT2D eigenvalue weighted by atomic mass is 35.5. The number of halogens is 2. The average Bonchev–Trinajstić information content (AvgIpc) is 3.36. The Kier molecular flexibility index (Phi) is 5.15. The van der Waals surface area contributed by atoms with Crippen molar-refractivity contribution >= 4 is 35.1 Å². The highest BCUT2D eigenvalue weighted by Gasteiger charge is 2.13. The van der Waals surface area contributed by atoms with E-state index in [1.165, 1.54) is 6.08 Å².